The third-order valence-corrected chi connectivity index (χ3v) is 15.3. The van der Waals surface area contributed by atoms with Gasteiger partial charge in [0.2, 0.25) is 0 Å². The normalized spacial score (nSPS) is 8.87. The summed E-state index contributed by atoms with van der Waals surface area (Å²) in [5, 5.41) is 25.0. The van der Waals surface area contributed by atoms with Gasteiger partial charge < -0.3 is 106 Å². The van der Waals surface area contributed by atoms with E-state index in [2.05, 4.69) is 107 Å². The maximum atomic E-state index is 11.3. The number of pyridine rings is 8. The standard InChI is InChI=1S/4C13H10NO2.4C11H8N.4CN.4Ir/c4*1-16-13(15)11-7-8-14-12(9-11)10-5-3-2-4-6-10;4*1-2-6-10(7-3-1)11-8-4-5-9-12-11;4*1-2;;;;/h4*2-5,7-9H,1H3;4*1-6,8-9H;;;;;;;;/q12*-1;;;;. The summed E-state index contributed by atoms with van der Waals surface area (Å²) in [4.78, 5) is 79.0. The molecule has 8 aromatic carbocycles. The van der Waals surface area contributed by atoms with Crippen molar-refractivity contribution in [3.05, 3.63) is 462 Å². The summed E-state index contributed by atoms with van der Waals surface area (Å²) in [7, 11) is 5.43. The molecule has 4 radical (unpaired) electrons. The Bertz CT molecular complexity index is 4780. The molecule has 0 saturated carbocycles. The molecule has 0 aliphatic rings. The van der Waals surface area contributed by atoms with Gasteiger partial charge in [0.1, 0.15) is 0 Å². The zero-order chi connectivity index (χ0) is 86.4. The van der Waals surface area contributed by atoms with E-state index in [0.717, 1.165) is 67.3 Å². The maximum absolute atomic E-state index is 11.3. The van der Waals surface area contributed by atoms with Crippen molar-refractivity contribution in [3.8, 4) is 90.1 Å². The van der Waals surface area contributed by atoms with Gasteiger partial charge in [0.25, 0.3) is 0 Å². The van der Waals surface area contributed by atoms with Crippen molar-refractivity contribution >= 4 is 23.9 Å². The Morgan fingerprint density at radius 3 is 0.484 bits per heavy atom. The van der Waals surface area contributed by atoms with Crippen LogP contribution in [0.3, 0.4) is 0 Å². The first-order chi connectivity index (χ1) is 59.1. The Balaban J connectivity index is 0.000000699. The second kappa shape index (κ2) is 66.2. The molecule has 24 heteroatoms. The summed E-state index contributed by atoms with van der Waals surface area (Å²) in [6, 6.07) is 123. The van der Waals surface area contributed by atoms with Gasteiger partial charge in [-0.2, -0.15) is 0 Å². The molecular formula is C100H72Ir4N12O8-12. The number of nitrogens with zero attached hydrogens (tertiary/aromatic N) is 12. The van der Waals surface area contributed by atoms with Crippen LogP contribution < -0.4 is 0 Å². The largest absolute Gasteiger partial charge is 0.512 e. The van der Waals surface area contributed by atoms with E-state index >= 15 is 0 Å². The summed E-state index contributed by atoms with van der Waals surface area (Å²) >= 11 is 0. The van der Waals surface area contributed by atoms with Gasteiger partial charge >= 0.3 is 23.9 Å². The van der Waals surface area contributed by atoms with Gasteiger partial charge in [-0.15, -0.1) is 287 Å². The van der Waals surface area contributed by atoms with Crippen LogP contribution in [0.2, 0.25) is 0 Å². The molecule has 20 nitrogen and oxygen atoms in total. The van der Waals surface area contributed by atoms with Crippen LogP contribution in [-0.2, 0) is 99.4 Å². The number of rotatable bonds is 12. The quantitative estimate of drug-likeness (QED) is 0.0623. The minimum absolute atomic E-state index is 0. The minimum Gasteiger partial charge on any atom is -0.512 e. The minimum atomic E-state index is -0.361. The molecule has 124 heavy (non-hydrogen) atoms. The molecule has 8 heterocycles. The van der Waals surface area contributed by atoms with Gasteiger partial charge in [0.05, 0.1) is 50.7 Å². The van der Waals surface area contributed by atoms with E-state index < -0.39 is 0 Å². The SMILES string of the molecule is COC(=O)c1ccnc(-c2[c-]cccc2)c1.COC(=O)c1ccnc(-c2[c-]cccc2)c1.COC(=O)c1ccnc(-c2[c-]cccc2)c1.COC(=O)c1ccnc(-c2[c-]cccc2)c1.[C-]#N.[C-]#N.[C-]#N.[C-]#N.[Ir].[Ir].[Ir].[Ir].[c-]1ccccc1-c1ccccn1.[c-]1ccccc1-c1ccccn1.[c-]1ccccc1-c1ccccn1.[c-]1ccccc1-c1ccccn1. The molecule has 16 aromatic rings. The van der Waals surface area contributed by atoms with Crippen molar-refractivity contribution in [2.45, 2.75) is 0 Å². The molecule has 0 atom stereocenters. The van der Waals surface area contributed by atoms with Gasteiger partial charge in [-0.3, -0.25) is 0 Å². The number of carbonyl (C=O) groups excluding carboxylic acids is 4. The van der Waals surface area contributed by atoms with Gasteiger partial charge in [0.15, 0.2) is 0 Å². The fourth-order valence-electron chi connectivity index (χ4n) is 9.80. The molecule has 0 spiro atoms. The first-order valence-electron chi connectivity index (χ1n) is 35.6. The van der Waals surface area contributed by atoms with Crippen LogP contribution >= 0.6 is 0 Å². The van der Waals surface area contributed by atoms with Crippen LogP contribution in [0.5, 0.6) is 0 Å². The van der Waals surface area contributed by atoms with E-state index in [1.807, 2.05) is 267 Å². The molecule has 8 aromatic heterocycles. The predicted octanol–water partition coefficient (Wildman–Crippen LogP) is 19.9. The first-order valence-corrected chi connectivity index (χ1v) is 35.6. The Morgan fingerprint density at radius 2 is 0.355 bits per heavy atom. The van der Waals surface area contributed by atoms with Crippen molar-refractivity contribution in [1.82, 2.24) is 39.9 Å². The monoisotopic (exact) mass is 2340 g/mol. The van der Waals surface area contributed by atoms with Crippen LogP contribution in [0.15, 0.2) is 365 Å². The number of esters is 4. The molecule has 0 aliphatic heterocycles. The first kappa shape index (κ1) is 107. The van der Waals surface area contributed by atoms with Crippen LogP contribution in [0.1, 0.15) is 41.4 Å². The molecule has 628 valence electrons. The number of hydrogen-bond acceptors (Lipinski definition) is 20. The number of ether oxygens (including phenoxy) is 4. The van der Waals surface area contributed by atoms with E-state index in [0.29, 0.717) is 45.0 Å². The topological polar surface area (TPSA) is 303 Å². The molecule has 0 N–H and O–H groups in total. The number of carbonyl (C=O) groups is 4. The molecule has 0 amide bonds. The molecule has 0 bridgehead atoms. The molecule has 0 saturated heterocycles. The maximum Gasteiger partial charge on any atom is 0.337 e. The smallest absolute Gasteiger partial charge is 0.337 e. The Kier molecular flexibility index (Phi) is 57.4. The summed E-state index contributed by atoms with van der Waals surface area (Å²) in [5.41, 5.74) is 16.3. The number of aromatic nitrogens is 8. The van der Waals surface area contributed by atoms with Crippen molar-refractivity contribution in [2.75, 3.05) is 28.4 Å². The summed E-state index contributed by atoms with van der Waals surface area (Å²) in [6.07, 6.45) is 13.5. The Hall–Kier alpha value is -14.6. The van der Waals surface area contributed by atoms with Crippen LogP contribution in [0.4, 0.5) is 0 Å². The third-order valence-electron chi connectivity index (χ3n) is 15.3. The van der Waals surface area contributed by atoms with Crippen molar-refractivity contribution in [3.63, 3.8) is 0 Å². The Labute approximate surface area is 777 Å². The van der Waals surface area contributed by atoms with E-state index in [-0.39, 0.29) is 104 Å². The summed E-state index contributed by atoms with van der Waals surface area (Å²) in [6.45, 7) is 19.0. The van der Waals surface area contributed by atoms with Crippen molar-refractivity contribution < 1.29 is 119 Å². The van der Waals surface area contributed by atoms with E-state index in [4.69, 9.17) is 47.3 Å². The molecular weight excluding hydrogens is 2270 g/mol. The van der Waals surface area contributed by atoms with E-state index in [1.165, 1.54) is 28.4 Å². The zero-order valence-electron chi connectivity index (χ0n) is 66.6. The van der Waals surface area contributed by atoms with E-state index in [1.54, 1.807) is 98.1 Å². The predicted molar refractivity (Wildman–Crippen MR) is 453 cm³/mol. The van der Waals surface area contributed by atoms with Crippen LogP contribution in [-0.4, -0.2) is 92.2 Å². The van der Waals surface area contributed by atoms with Gasteiger partial charge in [-0.05, 0) is 94.1 Å². The van der Waals surface area contributed by atoms with Crippen molar-refractivity contribution in [1.29, 1.82) is 21.0 Å². The van der Waals surface area contributed by atoms with Gasteiger partial charge in [-0.25, -0.2) is 19.2 Å². The number of hydrogen-bond donors (Lipinski definition) is 0. The summed E-state index contributed by atoms with van der Waals surface area (Å²) in [5.74, 6) is -1.45. The van der Waals surface area contributed by atoms with Crippen LogP contribution in [0, 0.1) is 95.9 Å². The molecule has 0 aliphatic carbocycles. The molecule has 0 fully saturated rings. The third kappa shape index (κ3) is 38.6. The molecule has 16 rings (SSSR count). The summed E-state index contributed by atoms with van der Waals surface area (Å²) < 4.78 is 18.6. The Morgan fingerprint density at radius 1 is 0.210 bits per heavy atom. The average molecular weight is 2340 g/mol. The van der Waals surface area contributed by atoms with Crippen LogP contribution in [0.25, 0.3) is 90.1 Å². The second-order valence-corrected chi connectivity index (χ2v) is 22.8. The number of methoxy groups -OCH3 is 4. The van der Waals surface area contributed by atoms with Gasteiger partial charge in [-0.1, -0.05) is 72.8 Å². The zero-order valence-corrected chi connectivity index (χ0v) is 76.2. The van der Waals surface area contributed by atoms with Crippen molar-refractivity contribution in [2.24, 2.45) is 0 Å². The fourth-order valence-corrected chi connectivity index (χ4v) is 9.80. The van der Waals surface area contributed by atoms with E-state index in [9.17, 15) is 19.2 Å². The average Bonchev–Trinajstić information content (AvgIpc) is 0.856. The molecule has 0 unspecified atom stereocenters. The number of benzene rings is 8. The van der Waals surface area contributed by atoms with Gasteiger partial charge in [0, 0.05) is 130 Å². The fraction of sp³-hybridized carbons (Fsp3) is 0.0400. The second-order valence-electron chi connectivity index (χ2n) is 22.8.